The first kappa shape index (κ1) is 10.3. The van der Waals surface area contributed by atoms with E-state index in [4.69, 9.17) is 9.47 Å². The molecule has 0 aliphatic carbocycles. The quantitative estimate of drug-likeness (QED) is 0.732. The van der Waals surface area contributed by atoms with E-state index in [9.17, 15) is 0 Å². The SMILES string of the molecule is CCOc1ccccc1OCCS. The van der Waals surface area contributed by atoms with Crippen LogP contribution < -0.4 is 9.47 Å². The summed E-state index contributed by atoms with van der Waals surface area (Å²) < 4.78 is 10.8. The van der Waals surface area contributed by atoms with E-state index >= 15 is 0 Å². The van der Waals surface area contributed by atoms with Crippen molar-refractivity contribution in [1.29, 1.82) is 0 Å². The second kappa shape index (κ2) is 5.75. The Morgan fingerprint density at radius 2 is 1.77 bits per heavy atom. The zero-order valence-corrected chi connectivity index (χ0v) is 8.59. The lowest BCUT2D eigenvalue weighted by atomic mass is 10.3. The van der Waals surface area contributed by atoms with Crippen LogP contribution in [0.15, 0.2) is 24.3 Å². The summed E-state index contributed by atoms with van der Waals surface area (Å²) in [4.78, 5) is 0. The van der Waals surface area contributed by atoms with Gasteiger partial charge in [-0.05, 0) is 19.1 Å². The van der Waals surface area contributed by atoms with Crippen molar-refractivity contribution in [2.75, 3.05) is 19.0 Å². The van der Waals surface area contributed by atoms with Crippen molar-refractivity contribution in [1.82, 2.24) is 0 Å². The van der Waals surface area contributed by atoms with Gasteiger partial charge in [0.05, 0.1) is 13.2 Å². The normalized spacial score (nSPS) is 9.69. The molecule has 3 heteroatoms. The molecule has 0 bridgehead atoms. The van der Waals surface area contributed by atoms with E-state index in [1.54, 1.807) is 0 Å². The fourth-order valence-electron chi connectivity index (χ4n) is 1.000. The third-order valence-electron chi connectivity index (χ3n) is 1.50. The third-order valence-corrected chi connectivity index (χ3v) is 1.68. The Labute approximate surface area is 84.3 Å². The maximum atomic E-state index is 5.44. The van der Waals surface area contributed by atoms with Crippen LogP contribution in [-0.2, 0) is 0 Å². The largest absolute Gasteiger partial charge is 0.490 e. The van der Waals surface area contributed by atoms with Gasteiger partial charge >= 0.3 is 0 Å². The van der Waals surface area contributed by atoms with Crippen molar-refractivity contribution < 1.29 is 9.47 Å². The Morgan fingerprint density at radius 3 is 2.31 bits per heavy atom. The molecular formula is C10H14O2S. The Balaban J connectivity index is 2.66. The molecule has 0 saturated carbocycles. The van der Waals surface area contributed by atoms with Gasteiger partial charge in [-0.2, -0.15) is 12.6 Å². The number of benzene rings is 1. The van der Waals surface area contributed by atoms with Crippen molar-refractivity contribution in [3.8, 4) is 11.5 Å². The predicted octanol–water partition coefficient (Wildman–Crippen LogP) is 2.39. The molecule has 0 heterocycles. The van der Waals surface area contributed by atoms with Gasteiger partial charge in [-0.3, -0.25) is 0 Å². The minimum absolute atomic E-state index is 0.604. The fourth-order valence-corrected chi connectivity index (χ4v) is 1.09. The topological polar surface area (TPSA) is 18.5 Å². The highest BCUT2D eigenvalue weighted by atomic mass is 32.1. The van der Waals surface area contributed by atoms with E-state index in [0.717, 1.165) is 11.5 Å². The monoisotopic (exact) mass is 198 g/mol. The molecule has 2 nitrogen and oxygen atoms in total. The molecule has 0 atom stereocenters. The van der Waals surface area contributed by atoms with Gasteiger partial charge in [0.1, 0.15) is 0 Å². The molecule has 0 N–H and O–H groups in total. The average Bonchev–Trinajstić information content (AvgIpc) is 2.17. The summed E-state index contributed by atoms with van der Waals surface area (Å²) in [6, 6.07) is 7.65. The Hall–Kier alpha value is -0.830. The second-order valence-electron chi connectivity index (χ2n) is 2.45. The number of thiol groups is 1. The molecule has 0 aromatic heterocycles. The molecule has 0 saturated heterocycles. The van der Waals surface area contributed by atoms with E-state index in [-0.39, 0.29) is 0 Å². The van der Waals surface area contributed by atoms with Gasteiger partial charge < -0.3 is 9.47 Å². The summed E-state index contributed by atoms with van der Waals surface area (Å²) in [5.41, 5.74) is 0. The number of hydrogen-bond acceptors (Lipinski definition) is 3. The summed E-state index contributed by atoms with van der Waals surface area (Å²) in [5, 5.41) is 0. The summed E-state index contributed by atoms with van der Waals surface area (Å²) >= 11 is 4.07. The standard InChI is InChI=1S/C10H14O2S/c1-2-11-9-5-3-4-6-10(9)12-7-8-13/h3-6,13H,2,7-8H2,1H3. The van der Waals surface area contributed by atoms with Crippen LogP contribution in [-0.4, -0.2) is 19.0 Å². The van der Waals surface area contributed by atoms with Crippen LogP contribution >= 0.6 is 12.6 Å². The number of para-hydroxylation sites is 2. The molecule has 0 aliphatic rings. The minimum Gasteiger partial charge on any atom is -0.490 e. The molecule has 0 unspecified atom stereocenters. The van der Waals surface area contributed by atoms with Gasteiger partial charge in [0, 0.05) is 5.75 Å². The molecule has 1 rings (SSSR count). The molecule has 0 amide bonds. The average molecular weight is 198 g/mol. The van der Waals surface area contributed by atoms with Gasteiger partial charge in [0.2, 0.25) is 0 Å². The van der Waals surface area contributed by atoms with E-state index in [0.29, 0.717) is 19.0 Å². The first-order chi connectivity index (χ1) is 6.38. The lowest BCUT2D eigenvalue weighted by molar-refractivity contribution is 0.289. The van der Waals surface area contributed by atoms with Crippen molar-refractivity contribution in [3.05, 3.63) is 24.3 Å². The van der Waals surface area contributed by atoms with Gasteiger partial charge in [0.15, 0.2) is 11.5 Å². The van der Waals surface area contributed by atoms with E-state index in [1.165, 1.54) is 0 Å². The molecular weight excluding hydrogens is 184 g/mol. The molecule has 0 fully saturated rings. The van der Waals surface area contributed by atoms with Crippen molar-refractivity contribution in [2.45, 2.75) is 6.92 Å². The molecule has 1 aromatic carbocycles. The summed E-state index contributed by atoms with van der Waals surface area (Å²) in [6.07, 6.45) is 0. The Morgan fingerprint density at radius 1 is 1.15 bits per heavy atom. The Bertz CT molecular complexity index is 250. The van der Waals surface area contributed by atoms with Crippen LogP contribution in [0, 0.1) is 0 Å². The maximum absolute atomic E-state index is 5.44. The molecule has 1 aromatic rings. The highest BCUT2D eigenvalue weighted by Crippen LogP contribution is 2.26. The van der Waals surface area contributed by atoms with E-state index in [2.05, 4.69) is 12.6 Å². The Kier molecular flexibility index (Phi) is 4.54. The summed E-state index contributed by atoms with van der Waals surface area (Å²) in [6.45, 7) is 3.21. The molecule has 0 aliphatic heterocycles. The van der Waals surface area contributed by atoms with Crippen molar-refractivity contribution in [2.24, 2.45) is 0 Å². The van der Waals surface area contributed by atoms with E-state index in [1.807, 2.05) is 31.2 Å². The zero-order chi connectivity index (χ0) is 9.52. The van der Waals surface area contributed by atoms with Crippen LogP contribution in [0.4, 0.5) is 0 Å². The third kappa shape index (κ3) is 3.19. The van der Waals surface area contributed by atoms with E-state index < -0.39 is 0 Å². The summed E-state index contributed by atoms with van der Waals surface area (Å²) in [5.74, 6) is 2.30. The van der Waals surface area contributed by atoms with Crippen LogP contribution in [0.25, 0.3) is 0 Å². The van der Waals surface area contributed by atoms with Crippen molar-refractivity contribution >= 4 is 12.6 Å². The molecule has 72 valence electrons. The van der Waals surface area contributed by atoms with Gasteiger partial charge in [-0.25, -0.2) is 0 Å². The highest BCUT2D eigenvalue weighted by molar-refractivity contribution is 7.80. The molecule has 0 spiro atoms. The van der Waals surface area contributed by atoms with Crippen LogP contribution in [0.5, 0.6) is 11.5 Å². The lowest BCUT2D eigenvalue weighted by Crippen LogP contribution is -2.01. The minimum atomic E-state index is 0.604. The fraction of sp³-hybridized carbons (Fsp3) is 0.400. The van der Waals surface area contributed by atoms with Crippen LogP contribution in [0.3, 0.4) is 0 Å². The van der Waals surface area contributed by atoms with Crippen LogP contribution in [0.2, 0.25) is 0 Å². The number of rotatable bonds is 5. The highest BCUT2D eigenvalue weighted by Gasteiger charge is 2.01. The lowest BCUT2D eigenvalue weighted by Gasteiger charge is -2.10. The first-order valence-corrected chi connectivity index (χ1v) is 4.97. The maximum Gasteiger partial charge on any atom is 0.161 e. The number of ether oxygens (including phenoxy) is 2. The zero-order valence-electron chi connectivity index (χ0n) is 7.69. The summed E-state index contributed by atoms with van der Waals surface area (Å²) in [7, 11) is 0. The molecule has 0 radical (unpaired) electrons. The van der Waals surface area contributed by atoms with Gasteiger partial charge in [-0.1, -0.05) is 12.1 Å². The smallest absolute Gasteiger partial charge is 0.161 e. The second-order valence-corrected chi connectivity index (χ2v) is 2.90. The van der Waals surface area contributed by atoms with Crippen LogP contribution in [0.1, 0.15) is 6.92 Å². The number of hydrogen-bond donors (Lipinski definition) is 1. The van der Waals surface area contributed by atoms with Crippen molar-refractivity contribution in [3.63, 3.8) is 0 Å². The van der Waals surface area contributed by atoms with Gasteiger partial charge in [-0.15, -0.1) is 0 Å². The molecule has 13 heavy (non-hydrogen) atoms. The van der Waals surface area contributed by atoms with Gasteiger partial charge in [0.25, 0.3) is 0 Å². The first-order valence-electron chi connectivity index (χ1n) is 4.34. The predicted molar refractivity (Wildman–Crippen MR) is 57.0 cm³/mol.